The Balaban J connectivity index is 1.95. The van der Waals surface area contributed by atoms with Crippen LogP contribution in [0.5, 0.6) is 0 Å². The van der Waals surface area contributed by atoms with E-state index in [1.165, 1.54) is 23.4 Å². The third kappa shape index (κ3) is 4.07. The van der Waals surface area contributed by atoms with Crippen LogP contribution < -0.4 is 17.0 Å². The SMILES string of the molecule is CCCn1c(N)c(C(=O)CSc2nc3ccccc3n2CC(C)C)c(=O)n(C)c1=O. The van der Waals surface area contributed by atoms with Crippen LogP contribution in [-0.4, -0.2) is 30.2 Å². The van der Waals surface area contributed by atoms with Crippen LogP contribution in [-0.2, 0) is 20.1 Å². The van der Waals surface area contributed by atoms with E-state index in [1.807, 2.05) is 31.2 Å². The lowest BCUT2D eigenvalue weighted by molar-refractivity contribution is 0.102. The lowest BCUT2D eigenvalue weighted by Crippen LogP contribution is -2.42. The lowest BCUT2D eigenvalue weighted by Gasteiger charge is -2.14. The number of imidazole rings is 1. The zero-order valence-corrected chi connectivity index (χ0v) is 18.5. The van der Waals surface area contributed by atoms with Gasteiger partial charge in [-0.2, -0.15) is 0 Å². The van der Waals surface area contributed by atoms with Crippen LogP contribution in [0.15, 0.2) is 39.0 Å². The second-order valence-corrected chi connectivity index (χ2v) is 8.60. The molecule has 0 unspecified atom stereocenters. The van der Waals surface area contributed by atoms with Gasteiger partial charge in [0, 0.05) is 20.1 Å². The van der Waals surface area contributed by atoms with Crippen molar-refractivity contribution in [1.29, 1.82) is 0 Å². The van der Waals surface area contributed by atoms with E-state index in [2.05, 4.69) is 23.4 Å². The van der Waals surface area contributed by atoms with Gasteiger partial charge in [-0.15, -0.1) is 0 Å². The van der Waals surface area contributed by atoms with Crippen LogP contribution in [0.25, 0.3) is 11.0 Å². The van der Waals surface area contributed by atoms with Crippen molar-refractivity contribution in [3.8, 4) is 0 Å². The standard InChI is InChI=1S/C21H27N5O3S/c1-5-10-25-18(22)17(19(28)24(4)21(25)29)16(27)12-30-20-23-14-8-6-7-9-15(14)26(20)11-13(2)3/h6-9,13H,5,10-12,22H2,1-4H3. The predicted molar refractivity (Wildman–Crippen MR) is 120 cm³/mol. The number of Topliss-reactive ketones (excluding diaryl/α,β-unsaturated/α-hetero) is 1. The first-order valence-corrected chi connectivity index (χ1v) is 10.9. The second kappa shape index (κ2) is 8.91. The quantitative estimate of drug-likeness (QED) is 0.436. The number of thioether (sulfide) groups is 1. The minimum Gasteiger partial charge on any atom is -0.384 e. The van der Waals surface area contributed by atoms with Crippen molar-refractivity contribution in [2.24, 2.45) is 13.0 Å². The summed E-state index contributed by atoms with van der Waals surface area (Å²) in [6, 6.07) is 7.83. The number of carbonyl (C=O) groups excluding carboxylic acids is 1. The zero-order valence-electron chi connectivity index (χ0n) is 17.7. The molecule has 160 valence electrons. The summed E-state index contributed by atoms with van der Waals surface area (Å²) in [7, 11) is 1.36. The topological polar surface area (TPSA) is 105 Å². The van der Waals surface area contributed by atoms with Crippen molar-refractivity contribution in [3.63, 3.8) is 0 Å². The normalized spacial score (nSPS) is 11.5. The van der Waals surface area contributed by atoms with Crippen LogP contribution in [0.3, 0.4) is 0 Å². The molecule has 0 atom stereocenters. The average molecular weight is 430 g/mol. The average Bonchev–Trinajstić information content (AvgIpc) is 3.05. The summed E-state index contributed by atoms with van der Waals surface area (Å²) in [6.07, 6.45) is 0.657. The molecule has 0 saturated carbocycles. The zero-order chi connectivity index (χ0) is 22.0. The van der Waals surface area contributed by atoms with Gasteiger partial charge in [-0.25, -0.2) is 9.78 Å². The molecule has 2 N–H and O–H groups in total. The van der Waals surface area contributed by atoms with Crippen molar-refractivity contribution in [1.82, 2.24) is 18.7 Å². The highest BCUT2D eigenvalue weighted by Gasteiger charge is 2.22. The molecule has 0 radical (unpaired) electrons. The molecule has 3 rings (SSSR count). The summed E-state index contributed by atoms with van der Waals surface area (Å²) in [4.78, 5) is 42.5. The number of benzene rings is 1. The molecule has 9 heteroatoms. The molecule has 0 saturated heterocycles. The van der Waals surface area contributed by atoms with Gasteiger partial charge in [0.15, 0.2) is 10.9 Å². The van der Waals surface area contributed by atoms with Crippen LogP contribution >= 0.6 is 11.8 Å². The maximum absolute atomic E-state index is 13.0. The number of nitrogens with zero attached hydrogens (tertiary/aromatic N) is 4. The Kier molecular flexibility index (Phi) is 6.50. The van der Waals surface area contributed by atoms with E-state index in [-0.39, 0.29) is 17.1 Å². The number of rotatable bonds is 8. The fourth-order valence-corrected chi connectivity index (χ4v) is 4.29. The van der Waals surface area contributed by atoms with Gasteiger partial charge in [-0.1, -0.05) is 44.7 Å². The number of hydrogen-bond acceptors (Lipinski definition) is 6. The Morgan fingerprint density at radius 2 is 1.90 bits per heavy atom. The summed E-state index contributed by atoms with van der Waals surface area (Å²) in [5.74, 6) is -0.0684. The molecule has 2 aromatic heterocycles. The van der Waals surface area contributed by atoms with Crippen LogP contribution in [0, 0.1) is 5.92 Å². The first kappa shape index (κ1) is 21.9. The Morgan fingerprint density at radius 1 is 1.20 bits per heavy atom. The van der Waals surface area contributed by atoms with Gasteiger partial charge >= 0.3 is 5.69 Å². The Morgan fingerprint density at radius 3 is 2.57 bits per heavy atom. The third-order valence-corrected chi connectivity index (χ3v) is 5.79. The maximum Gasteiger partial charge on any atom is 0.332 e. The molecule has 0 aliphatic rings. The number of para-hydroxylation sites is 2. The monoisotopic (exact) mass is 429 g/mol. The van der Waals surface area contributed by atoms with Crippen molar-refractivity contribution in [2.45, 2.75) is 45.4 Å². The molecule has 8 nitrogen and oxygen atoms in total. The smallest absolute Gasteiger partial charge is 0.332 e. The number of carbonyl (C=O) groups is 1. The van der Waals surface area contributed by atoms with Gasteiger partial charge in [-0.3, -0.25) is 18.7 Å². The van der Waals surface area contributed by atoms with Crippen LogP contribution in [0.4, 0.5) is 5.82 Å². The van der Waals surface area contributed by atoms with E-state index in [0.717, 1.165) is 27.3 Å². The number of fused-ring (bicyclic) bond motifs is 1. The number of hydrogen-bond donors (Lipinski definition) is 1. The van der Waals surface area contributed by atoms with E-state index >= 15 is 0 Å². The molecule has 0 amide bonds. The summed E-state index contributed by atoms with van der Waals surface area (Å²) in [6.45, 7) is 7.25. The van der Waals surface area contributed by atoms with Crippen LogP contribution in [0.1, 0.15) is 37.6 Å². The summed E-state index contributed by atoms with van der Waals surface area (Å²) in [5.41, 5.74) is 6.63. The number of nitrogen functional groups attached to an aromatic ring is 1. The third-order valence-electron chi connectivity index (χ3n) is 4.81. The largest absolute Gasteiger partial charge is 0.384 e. The van der Waals surface area contributed by atoms with Crippen molar-refractivity contribution >= 4 is 34.4 Å². The molecule has 0 bridgehead atoms. The van der Waals surface area contributed by atoms with E-state index in [9.17, 15) is 14.4 Å². The van der Waals surface area contributed by atoms with Gasteiger partial charge in [0.05, 0.1) is 16.8 Å². The molecule has 30 heavy (non-hydrogen) atoms. The highest BCUT2D eigenvalue weighted by molar-refractivity contribution is 7.99. The lowest BCUT2D eigenvalue weighted by atomic mass is 10.2. The van der Waals surface area contributed by atoms with E-state index in [4.69, 9.17) is 5.73 Å². The molecule has 0 fully saturated rings. The highest BCUT2D eigenvalue weighted by atomic mass is 32.2. The van der Waals surface area contributed by atoms with Gasteiger partial charge in [0.2, 0.25) is 0 Å². The highest BCUT2D eigenvalue weighted by Crippen LogP contribution is 2.26. The second-order valence-electron chi connectivity index (χ2n) is 7.66. The van der Waals surface area contributed by atoms with Crippen LogP contribution in [0.2, 0.25) is 0 Å². The van der Waals surface area contributed by atoms with E-state index in [0.29, 0.717) is 18.9 Å². The van der Waals surface area contributed by atoms with Gasteiger partial charge in [0.25, 0.3) is 5.56 Å². The van der Waals surface area contributed by atoms with E-state index < -0.39 is 17.0 Å². The van der Waals surface area contributed by atoms with Crippen molar-refractivity contribution in [2.75, 3.05) is 11.5 Å². The maximum atomic E-state index is 13.0. The van der Waals surface area contributed by atoms with Gasteiger partial charge in [0.1, 0.15) is 11.4 Å². The van der Waals surface area contributed by atoms with Gasteiger partial charge < -0.3 is 10.3 Å². The Labute approximate surface area is 178 Å². The van der Waals surface area contributed by atoms with Gasteiger partial charge in [-0.05, 0) is 24.5 Å². The molecular weight excluding hydrogens is 402 g/mol. The molecule has 1 aromatic carbocycles. The van der Waals surface area contributed by atoms with E-state index in [1.54, 1.807) is 0 Å². The molecule has 0 aliphatic heterocycles. The summed E-state index contributed by atoms with van der Waals surface area (Å²) in [5, 5.41) is 0.718. The number of ketones is 1. The Hall–Kier alpha value is -2.81. The Bertz CT molecular complexity index is 1210. The molecular formula is C21H27N5O3S. The minimum atomic E-state index is -0.661. The summed E-state index contributed by atoms with van der Waals surface area (Å²) >= 11 is 1.28. The number of aromatic nitrogens is 4. The first-order valence-electron chi connectivity index (χ1n) is 9.96. The fraction of sp³-hybridized carbons (Fsp3) is 0.429. The first-order chi connectivity index (χ1) is 14.3. The van der Waals surface area contributed by atoms with Crippen molar-refractivity contribution < 1.29 is 4.79 Å². The fourth-order valence-electron chi connectivity index (χ4n) is 3.39. The minimum absolute atomic E-state index is 0.00514. The molecule has 2 heterocycles. The molecule has 0 spiro atoms. The molecule has 3 aromatic rings. The summed E-state index contributed by atoms with van der Waals surface area (Å²) < 4.78 is 4.32. The van der Waals surface area contributed by atoms with Crippen molar-refractivity contribution in [3.05, 3.63) is 50.7 Å². The molecule has 0 aliphatic carbocycles. The number of anilines is 1. The number of nitrogens with two attached hydrogens (primary N) is 1. The predicted octanol–water partition coefficient (Wildman–Crippen LogP) is 2.52.